The van der Waals surface area contributed by atoms with E-state index < -0.39 is 0 Å². The van der Waals surface area contributed by atoms with Gasteiger partial charge in [0.25, 0.3) is 0 Å². The molecule has 0 amide bonds. The lowest BCUT2D eigenvalue weighted by Crippen LogP contribution is -2.04. The number of benzene rings is 1. The maximum atomic E-state index is 9.26. The molecule has 0 fully saturated rings. The first-order valence-electron chi connectivity index (χ1n) is 5.78. The lowest BCUT2D eigenvalue weighted by molar-refractivity contribution is 0.188. The van der Waals surface area contributed by atoms with E-state index >= 15 is 0 Å². The van der Waals surface area contributed by atoms with Crippen LogP contribution in [0.2, 0.25) is 5.15 Å². The number of ether oxygens (including phenoxy) is 1. The molecule has 2 rings (SSSR count). The SMILES string of the molecule is COCCn1c(Cl)c(C#N)c2cc(C)cc(C)c21. The number of rotatable bonds is 3. The smallest absolute Gasteiger partial charge is 0.128 e. The highest BCUT2D eigenvalue weighted by atomic mass is 35.5. The van der Waals surface area contributed by atoms with Crippen LogP contribution in [-0.2, 0) is 11.3 Å². The van der Waals surface area contributed by atoms with Crippen LogP contribution in [0.15, 0.2) is 12.1 Å². The molecule has 2 aromatic rings. The highest BCUT2D eigenvalue weighted by Crippen LogP contribution is 2.32. The molecule has 0 aliphatic rings. The van der Waals surface area contributed by atoms with Crippen LogP contribution in [0.5, 0.6) is 0 Å². The van der Waals surface area contributed by atoms with Gasteiger partial charge in [-0.05, 0) is 25.5 Å². The minimum absolute atomic E-state index is 0.498. The monoisotopic (exact) mass is 262 g/mol. The van der Waals surface area contributed by atoms with Gasteiger partial charge in [-0.15, -0.1) is 0 Å². The standard InChI is InChI=1S/C14H15ClN2O/c1-9-6-10(2)13-11(7-9)12(8-16)14(15)17(13)4-5-18-3/h6-7H,4-5H2,1-3H3. The maximum Gasteiger partial charge on any atom is 0.128 e. The van der Waals surface area contributed by atoms with Gasteiger partial charge in [0.2, 0.25) is 0 Å². The summed E-state index contributed by atoms with van der Waals surface area (Å²) in [5, 5.41) is 10.7. The van der Waals surface area contributed by atoms with Gasteiger partial charge in [0.05, 0.1) is 17.7 Å². The lowest BCUT2D eigenvalue weighted by Gasteiger charge is -2.08. The molecule has 0 aliphatic carbocycles. The average molecular weight is 263 g/mol. The molecular formula is C14H15ClN2O. The summed E-state index contributed by atoms with van der Waals surface area (Å²) >= 11 is 6.30. The van der Waals surface area contributed by atoms with Crippen molar-refractivity contribution in [1.82, 2.24) is 4.57 Å². The third kappa shape index (κ3) is 1.98. The fourth-order valence-electron chi connectivity index (χ4n) is 2.35. The molecule has 0 N–H and O–H groups in total. The third-order valence-corrected chi connectivity index (χ3v) is 3.45. The molecule has 1 aromatic carbocycles. The van der Waals surface area contributed by atoms with E-state index in [1.54, 1.807) is 7.11 Å². The average Bonchev–Trinajstić information content (AvgIpc) is 2.58. The Balaban J connectivity index is 2.77. The molecule has 0 bridgehead atoms. The van der Waals surface area contributed by atoms with Gasteiger partial charge >= 0.3 is 0 Å². The first-order valence-corrected chi connectivity index (χ1v) is 6.16. The molecule has 1 heterocycles. The summed E-state index contributed by atoms with van der Waals surface area (Å²) in [5.74, 6) is 0. The summed E-state index contributed by atoms with van der Waals surface area (Å²) in [4.78, 5) is 0. The van der Waals surface area contributed by atoms with E-state index in [1.165, 1.54) is 0 Å². The Hall–Kier alpha value is -1.50. The van der Waals surface area contributed by atoms with Crippen molar-refractivity contribution in [1.29, 1.82) is 5.26 Å². The van der Waals surface area contributed by atoms with Crippen molar-refractivity contribution < 1.29 is 4.74 Å². The van der Waals surface area contributed by atoms with Crippen LogP contribution < -0.4 is 0 Å². The molecular weight excluding hydrogens is 248 g/mol. The molecule has 0 atom stereocenters. The summed E-state index contributed by atoms with van der Waals surface area (Å²) in [6, 6.07) is 6.31. The van der Waals surface area contributed by atoms with Crippen LogP contribution in [0, 0.1) is 25.2 Å². The van der Waals surface area contributed by atoms with Crippen LogP contribution in [0.4, 0.5) is 0 Å². The van der Waals surface area contributed by atoms with Crippen molar-refractivity contribution in [2.24, 2.45) is 0 Å². The van der Waals surface area contributed by atoms with Crippen molar-refractivity contribution in [3.05, 3.63) is 34.0 Å². The summed E-state index contributed by atoms with van der Waals surface area (Å²) in [6.07, 6.45) is 0. The highest BCUT2D eigenvalue weighted by Gasteiger charge is 2.17. The number of aryl methyl sites for hydroxylation is 2. The molecule has 0 saturated heterocycles. The quantitative estimate of drug-likeness (QED) is 0.850. The van der Waals surface area contributed by atoms with Crippen LogP contribution in [0.3, 0.4) is 0 Å². The molecule has 1 aromatic heterocycles. The number of nitriles is 1. The Labute approximate surface area is 112 Å². The third-order valence-electron chi connectivity index (χ3n) is 3.06. The number of hydrogen-bond donors (Lipinski definition) is 0. The summed E-state index contributed by atoms with van der Waals surface area (Å²) in [6.45, 7) is 5.28. The molecule has 0 radical (unpaired) electrons. The van der Waals surface area contributed by atoms with E-state index in [-0.39, 0.29) is 0 Å². The number of hydrogen-bond acceptors (Lipinski definition) is 2. The summed E-state index contributed by atoms with van der Waals surface area (Å²) < 4.78 is 7.05. The zero-order valence-corrected chi connectivity index (χ0v) is 11.5. The normalized spacial score (nSPS) is 10.8. The van der Waals surface area contributed by atoms with Gasteiger partial charge in [0.15, 0.2) is 0 Å². The van der Waals surface area contributed by atoms with Gasteiger partial charge in [-0.25, -0.2) is 0 Å². The van der Waals surface area contributed by atoms with E-state index in [1.807, 2.05) is 24.5 Å². The van der Waals surface area contributed by atoms with Gasteiger partial charge in [-0.3, -0.25) is 0 Å². The lowest BCUT2D eigenvalue weighted by atomic mass is 10.1. The van der Waals surface area contributed by atoms with E-state index in [0.717, 1.165) is 22.0 Å². The topological polar surface area (TPSA) is 38.0 Å². The second kappa shape index (κ2) is 5.01. The number of nitrogens with zero attached hydrogens (tertiary/aromatic N) is 2. The number of halogens is 1. The Kier molecular flexibility index (Phi) is 3.60. The van der Waals surface area contributed by atoms with E-state index in [0.29, 0.717) is 23.9 Å². The molecule has 0 unspecified atom stereocenters. The van der Waals surface area contributed by atoms with Gasteiger partial charge in [0.1, 0.15) is 11.2 Å². The maximum absolute atomic E-state index is 9.26. The Morgan fingerprint density at radius 3 is 2.72 bits per heavy atom. The van der Waals surface area contributed by atoms with Gasteiger partial charge in [-0.2, -0.15) is 5.26 Å². The van der Waals surface area contributed by atoms with Crippen LogP contribution in [-0.4, -0.2) is 18.3 Å². The van der Waals surface area contributed by atoms with Crippen LogP contribution >= 0.6 is 11.6 Å². The number of fused-ring (bicyclic) bond motifs is 1. The van der Waals surface area contributed by atoms with Gasteiger partial charge in [-0.1, -0.05) is 23.2 Å². The Morgan fingerprint density at radius 2 is 2.11 bits per heavy atom. The number of aromatic nitrogens is 1. The largest absolute Gasteiger partial charge is 0.383 e. The molecule has 0 aliphatic heterocycles. The van der Waals surface area contributed by atoms with Gasteiger partial charge in [0, 0.05) is 19.0 Å². The van der Waals surface area contributed by atoms with E-state index in [4.69, 9.17) is 16.3 Å². The van der Waals surface area contributed by atoms with Crippen LogP contribution in [0.1, 0.15) is 16.7 Å². The first kappa shape index (κ1) is 12.9. The van der Waals surface area contributed by atoms with E-state index in [2.05, 4.69) is 12.1 Å². The predicted molar refractivity (Wildman–Crippen MR) is 73.0 cm³/mol. The molecule has 4 heteroatoms. The van der Waals surface area contributed by atoms with E-state index in [9.17, 15) is 5.26 Å². The first-order chi connectivity index (χ1) is 8.60. The highest BCUT2D eigenvalue weighted by molar-refractivity contribution is 6.32. The van der Waals surface area contributed by atoms with Crippen molar-refractivity contribution in [2.45, 2.75) is 20.4 Å². The fraction of sp³-hybridized carbons (Fsp3) is 0.357. The Morgan fingerprint density at radius 1 is 1.39 bits per heavy atom. The van der Waals surface area contributed by atoms with Crippen LogP contribution in [0.25, 0.3) is 10.9 Å². The summed E-state index contributed by atoms with van der Waals surface area (Å²) in [7, 11) is 1.65. The van der Waals surface area contributed by atoms with Crippen molar-refractivity contribution in [3.63, 3.8) is 0 Å². The zero-order chi connectivity index (χ0) is 13.3. The summed E-state index contributed by atoms with van der Waals surface area (Å²) in [5.41, 5.74) is 3.84. The second-order valence-corrected chi connectivity index (χ2v) is 4.76. The molecule has 3 nitrogen and oxygen atoms in total. The number of methoxy groups -OCH3 is 1. The molecule has 0 saturated carbocycles. The Bertz CT molecular complexity index is 638. The molecule has 0 spiro atoms. The predicted octanol–water partition coefficient (Wildman–Crippen LogP) is 3.43. The van der Waals surface area contributed by atoms with Crippen molar-refractivity contribution >= 4 is 22.5 Å². The molecule has 18 heavy (non-hydrogen) atoms. The van der Waals surface area contributed by atoms with Crippen molar-refractivity contribution in [3.8, 4) is 6.07 Å². The second-order valence-electron chi connectivity index (χ2n) is 4.40. The minimum atomic E-state index is 0.498. The zero-order valence-electron chi connectivity index (χ0n) is 10.7. The van der Waals surface area contributed by atoms with Gasteiger partial charge < -0.3 is 9.30 Å². The molecule has 94 valence electrons. The van der Waals surface area contributed by atoms with Crippen molar-refractivity contribution in [2.75, 3.05) is 13.7 Å². The minimum Gasteiger partial charge on any atom is -0.383 e. The fourth-order valence-corrected chi connectivity index (χ4v) is 2.67.